The smallest absolute Gasteiger partial charge is 0.254 e. The summed E-state index contributed by atoms with van der Waals surface area (Å²) in [6, 6.07) is 6.06. The quantitative estimate of drug-likeness (QED) is 0.819. The van der Waals surface area contributed by atoms with E-state index < -0.39 is 0 Å². The zero-order chi connectivity index (χ0) is 14.1. The van der Waals surface area contributed by atoms with Gasteiger partial charge in [0.15, 0.2) is 0 Å². The molecular formula is C16H20BrNO2. The van der Waals surface area contributed by atoms with Gasteiger partial charge in [0.05, 0.1) is 11.6 Å². The number of likely N-dealkylation sites (tertiary alicyclic amines) is 1. The Morgan fingerprint density at radius 1 is 1.30 bits per heavy atom. The van der Waals surface area contributed by atoms with Crippen LogP contribution in [0.2, 0.25) is 0 Å². The van der Waals surface area contributed by atoms with Crippen LogP contribution in [-0.2, 0) is 0 Å². The van der Waals surface area contributed by atoms with E-state index in [9.17, 15) is 4.79 Å². The Hall–Kier alpha value is -1.03. The SMILES string of the molecule is COc1ccc(C(=O)N2CCCC3CCCC32)cc1Br. The van der Waals surface area contributed by atoms with Crippen molar-refractivity contribution in [1.29, 1.82) is 0 Å². The number of rotatable bonds is 2. The molecule has 1 aliphatic carbocycles. The number of halogens is 1. The largest absolute Gasteiger partial charge is 0.496 e. The summed E-state index contributed by atoms with van der Waals surface area (Å²) in [5, 5.41) is 0. The number of hydrogen-bond acceptors (Lipinski definition) is 2. The van der Waals surface area contributed by atoms with Gasteiger partial charge in [-0.2, -0.15) is 0 Å². The number of piperidine rings is 1. The van der Waals surface area contributed by atoms with E-state index in [1.165, 1.54) is 25.7 Å². The lowest BCUT2D eigenvalue weighted by atomic mass is 9.91. The van der Waals surface area contributed by atoms with Gasteiger partial charge in [-0.25, -0.2) is 0 Å². The van der Waals surface area contributed by atoms with Crippen molar-refractivity contribution >= 4 is 21.8 Å². The van der Waals surface area contributed by atoms with Gasteiger partial charge in [0.1, 0.15) is 5.75 Å². The third kappa shape index (κ3) is 2.46. The Kier molecular flexibility index (Phi) is 4.01. The van der Waals surface area contributed by atoms with Crippen LogP contribution in [0.3, 0.4) is 0 Å². The van der Waals surface area contributed by atoms with Crippen molar-refractivity contribution in [3.63, 3.8) is 0 Å². The van der Waals surface area contributed by atoms with E-state index in [4.69, 9.17) is 4.74 Å². The summed E-state index contributed by atoms with van der Waals surface area (Å²) in [4.78, 5) is 14.9. The first-order chi connectivity index (χ1) is 9.70. The van der Waals surface area contributed by atoms with Gasteiger partial charge < -0.3 is 9.64 Å². The minimum atomic E-state index is 0.171. The molecule has 1 aromatic carbocycles. The maximum absolute atomic E-state index is 12.8. The van der Waals surface area contributed by atoms with Crippen LogP contribution >= 0.6 is 15.9 Å². The summed E-state index contributed by atoms with van der Waals surface area (Å²) in [5.41, 5.74) is 0.755. The van der Waals surface area contributed by atoms with Gasteiger partial charge in [0, 0.05) is 18.2 Å². The minimum absolute atomic E-state index is 0.171. The van der Waals surface area contributed by atoms with Crippen molar-refractivity contribution in [1.82, 2.24) is 4.90 Å². The summed E-state index contributed by atoms with van der Waals surface area (Å²) in [7, 11) is 1.63. The molecule has 1 aliphatic heterocycles. The molecule has 3 rings (SSSR count). The second-order valence-corrected chi connectivity index (χ2v) is 6.60. The minimum Gasteiger partial charge on any atom is -0.496 e. The first-order valence-corrected chi connectivity index (χ1v) is 8.14. The van der Waals surface area contributed by atoms with Gasteiger partial charge >= 0.3 is 0 Å². The van der Waals surface area contributed by atoms with Gasteiger partial charge in [-0.15, -0.1) is 0 Å². The number of carbonyl (C=O) groups excluding carboxylic acids is 1. The van der Waals surface area contributed by atoms with E-state index in [1.54, 1.807) is 7.11 Å². The highest BCUT2D eigenvalue weighted by Gasteiger charge is 2.37. The molecule has 108 valence electrons. The lowest BCUT2D eigenvalue weighted by Crippen LogP contribution is -2.46. The topological polar surface area (TPSA) is 29.5 Å². The molecule has 2 aliphatic rings. The highest BCUT2D eigenvalue weighted by atomic mass is 79.9. The first kappa shape index (κ1) is 13.9. The highest BCUT2D eigenvalue weighted by molar-refractivity contribution is 9.10. The molecule has 0 radical (unpaired) electrons. The molecule has 0 spiro atoms. The average Bonchev–Trinajstić information content (AvgIpc) is 2.94. The molecular weight excluding hydrogens is 318 g/mol. The van der Waals surface area contributed by atoms with E-state index in [1.807, 2.05) is 18.2 Å². The Morgan fingerprint density at radius 3 is 2.85 bits per heavy atom. The zero-order valence-electron chi connectivity index (χ0n) is 11.8. The van der Waals surface area contributed by atoms with Crippen LogP contribution in [0.1, 0.15) is 42.5 Å². The number of benzene rings is 1. The van der Waals surface area contributed by atoms with Crippen molar-refractivity contribution in [2.45, 2.75) is 38.1 Å². The predicted molar refractivity (Wildman–Crippen MR) is 82.1 cm³/mol. The average molecular weight is 338 g/mol. The predicted octanol–water partition coefficient (Wildman–Crippen LogP) is 3.86. The van der Waals surface area contributed by atoms with Crippen LogP contribution in [0, 0.1) is 5.92 Å². The van der Waals surface area contributed by atoms with E-state index >= 15 is 0 Å². The van der Waals surface area contributed by atoms with Crippen LogP contribution in [0.5, 0.6) is 5.75 Å². The fourth-order valence-electron chi connectivity index (χ4n) is 3.67. The van der Waals surface area contributed by atoms with Gasteiger partial charge in [-0.3, -0.25) is 4.79 Å². The number of fused-ring (bicyclic) bond motifs is 1. The van der Waals surface area contributed by atoms with Crippen LogP contribution in [0.4, 0.5) is 0 Å². The van der Waals surface area contributed by atoms with Crippen LogP contribution in [-0.4, -0.2) is 30.5 Å². The molecule has 20 heavy (non-hydrogen) atoms. The number of carbonyl (C=O) groups is 1. The molecule has 1 saturated carbocycles. The lowest BCUT2D eigenvalue weighted by Gasteiger charge is -2.38. The van der Waals surface area contributed by atoms with Gasteiger partial charge in [-0.1, -0.05) is 6.42 Å². The normalized spacial score (nSPS) is 25.4. The Balaban J connectivity index is 1.82. The summed E-state index contributed by atoms with van der Waals surface area (Å²) in [6.45, 7) is 0.906. The van der Waals surface area contributed by atoms with Crippen LogP contribution < -0.4 is 4.74 Å². The molecule has 2 fully saturated rings. The second-order valence-electron chi connectivity index (χ2n) is 5.75. The zero-order valence-corrected chi connectivity index (χ0v) is 13.4. The van der Waals surface area contributed by atoms with Crippen molar-refractivity contribution < 1.29 is 9.53 Å². The van der Waals surface area contributed by atoms with Gasteiger partial charge in [-0.05, 0) is 65.7 Å². The van der Waals surface area contributed by atoms with E-state index in [-0.39, 0.29) is 5.91 Å². The number of nitrogens with zero attached hydrogens (tertiary/aromatic N) is 1. The fourth-order valence-corrected chi connectivity index (χ4v) is 4.21. The Labute approximate surface area is 128 Å². The number of methoxy groups -OCH3 is 1. The number of amides is 1. The molecule has 1 aromatic rings. The first-order valence-electron chi connectivity index (χ1n) is 7.35. The van der Waals surface area contributed by atoms with Crippen molar-refractivity contribution in [3.8, 4) is 5.75 Å². The summed E-state index contributed by atoms with van der Waals surface area (Å²) < 4.78 is 6.06. The Bertz CT molecular complexity index is 517. The third-order valence-electron chi connectivity index (χ3n) is 4.65. The monoisotopic (exact) mass is 337 g/mol. The maximum atomic E-state index is 12.8. The van der Waals surface area contributed by atoms with E-state index in [0.717, 1.165) is 34.7 Å². The van der Waals surface area contributed by atoms with E-state index in [2.05, 4.69) is 20.8 Å². The molecule has 3 nitrogen and oxygen atoms in total. The van der Waals surface area contributed by atoms with Gasteiger partial charge in [0.2, 0.25) is 0 Å². The molecule has 2 atom stereocenters. The van der Waals surface area contributed by atoms with Crippen LogP contribution in [0.25, 0.3) is 0 Å². The van der Waals surface area contributed by atoms with Crippen molar-refractivity contribution in [2.75, 3.05) is 13.7 Å². The standard InChI is InChI=1S/C16H20BrNO2/c1-20-15-8-7-12(10-13(15)17)16(19)18-9-3-5-11-4-2-6-14(11)18/h7-8,10-11,14H,2-6,9H2,1H3. The molecule has 4 heteroatoms. The molecule has 0 N–H and O–H groups in total. The molecule has 2 unspecified atom stereocenters. The molecule has 1 saturated heterocycles. The summed E-state index contributed by atoms with van der Waals surface area (Å²) in [6.07, 6.45) is 6.17. The van der Waals surface area contributed by atoms with Crippen LogP contribution in [0.15, 0.2) is 22.7 Å². The van der Waals surface area contributed by atoms with E-state index in [0.29, 0.717) is 6.04 Å². The van der Waals surface area contributed by atoms with Crippen molar-refractivity contribution in [3.05, 3.63) is 28.2 Å². The van der Waals surface area contributed by atoms with Gasteiger partial charge in [0.25, 0.3) is 5.91 Å². The fraction of sp³-hybridized carbons (Fsp3) is 0.562. The molecule has 0 aromatic heterocycles. The molecule has 1 amide bonds. The third-order valence-corrected chi connectivity index (χ3v) is 5.27. The molecule has 1 heterocycles. The highest BCUT2D eigenvalue weighted by Crippen LogP contribution is 2.37. The number of hydrogen-bond donors (Lipinski definition) is 0. The lowest BCUT2D eigenvalue weighted by molar-refractivity contribution is 0.0548. The maximum Gasteiger partial charge on any atom is 0.254 e. The second kappa shape index (κ2) is 5.76. The molecule has 0 bridgehead atoms. The Morgan fingerprint density at radius 2 is 2.10 bits per heavy atom. The number of ether oxygens (including phenoxy) is 1. The summed E-state index contributed by atoms with van der Waals surface area (Å²) in [5.74, 6) is 1.67. The van der Waals surface area contributed by atoms with Crippen molar-refractivity contribution in [2.24, 2.45) is 5.92 Å². The summed E-state index contributed by atoms with van der Waals surface area (Å²) >= 11 is 3.46.